The van der Waals surface area contributed by atoms with Gasteiger partial charge in [0.1, 0.15) is 5.52 Å². The summed E-state index contributed by atoms with van der Waals surface area (Å²) < 4.78 is 10.7. The van der Waals surface area contributed by atoms with Crippen LogP contribution in [0, 0.1) is 6.92 Å². The maximum Gasteiger partial charge on any atom is 1.00 e. The Bertz CT molecular complexity index is 536. The number of rotatable bonds is 1. The summed E-state index contributed by atoms with van der Waals surface area (Å²) in [6.07, 6.45) is 0. The molecule has 78 valence electrons. The first-order chi connectivity index (χ1) is 7.13. The quantitative estimate of drug-likeness (QED) is 0.596. The number of aromatic hydroxyl groups is 1. The molecule has 0 aliphatic rings. The second kappa shape index (κ2) is 6.02. The summed E-state index contributed by atoms with van der Waals surface area (Å²) >= 11 is 6.17. The fraction of sp³-hybridized carbons (Fsp3) is 0.100. The van der Waals surface area contributed by atoms with E-state index in [1.807, 2.05) is 6.92 Å². The molecule has 0 radical (unpaired) electrons. The molecule has 2 aromatic rings. The summed E-state index contributed by atoms with van der Waals surface area (Å²) in [4.78, 5) is 4.36. The van der Waals surface area contributed by atoms with Crippen LogP contribution in [0.5, 0.6) is 5.75 Å². The van der Waals surface area contributed by atoms with Gasteiger partial charge in [0.05, 0.1) is 5.02 Å². The minimum atomic E-state index is -0.0990. The Morgan fingerprint density at radius 2 is 2.12 bits per heavy atom. The molecule has 6 heteroatoms. The van der Waals surface area contributed by atoms with E-state index in [1.54, 1.807) is 12.1 Å². The average Bonchev–Trinajstić information content (AvgIpc) is 2.23. The number of benzene rings is 1. The summed E-state index contributed by atoms with van der Waals surface area (Å²) in [5, 5.41) is 10.8. The van der Waals surface area contributed by atoms with Crippen molar-refractivity contribution in [2.45, 2.75) is 11.8 Å². The minimum Gasteiger partial charge on any atom is -0.795 e. The van der Waals surface area contributed by atoms with Crippen molar-refractivity contribution < 1.29 is 61.0 Å². The van der Waals surface area contributed by atoms with Gasteiger partial charge in [0, 0.05) is 16.0 Å². The zero-order chi connectivity index (χ0) is 11.0. The van der Waals surface area contributed by atoms with Crippen molar-refractivity contribution in [1.82, 2.24) is 4.98 Å². The zero-order valence-electron chi connectivity index (χ0n) is 8.82. The number of nitrogens with zero attached hydrogens (tertiary/aromatic N) is 1. The van der Waals surface area contributed by atoms with E-state index in [9.17, 15) is 9.66 Å². The molecule has 0 bridgehead atoms. The number of hydrogen-bond donors (Lipinski definition) is 1. The first-order valence-electron chi connectivity index (χ1n) is 4.22. The fourth-order valence-corrected chi connectivity index (χ4v) is 2.04. The van der Waals surface area contributed by atoms with E-state index in [-0.39, 0.29) is 74.1 Å². The number of halogens is 1. The first-order valence-corrected chi connectivity index (χ1v) is 5.34. The van der Waals surface area contributed by atoms with Crippen LogP contribution in [0.3, 0.4) is 0 Å². The van der Waals surface area contributed by atoms with Crippen LogP contribution >= 0.6 is 23.6 Å². The maximum atomic E-state index is 10.7. The molecular weight excluding hydrogens is 273 g/mol. The van der Waals surface area contributed by atoms with Crippen LogP contribution in [-0.4, -0.2) is 14.6 Å². The Kier molecular flexibility index (Phi) is 5.54. The molecule has 3 nitrogen and oxygen atoms in total. The molecule has 1 heterocycles. The van der Waals surface area contributed by atoms with Crippen molar-refractivity contribution in [1.29, 1.82) is 0 Å². The molecule has 0 unspecified atom stereocenters. The van der Waals surface area contributed by atoms with Crippen molar-refractivity contribution in [3.8, 4) is 5.75 Å². The van der Waals surface area contributed by atoms with Crippen LogP contribution in [-0.2, 0) is 0 Å². The third-order valence-corrected chi connectivity index (χ3v) is 2.90. The van der Waals surface area contributed by atoms with E-state index in [0.29, 0.717) is 15.9 Å². The number of fused-ring (bicyclic) bond motifs is 1. The van der Waals surface area contributed by atoms with Gasteiger partial charge in [0.15, 0.2) is 5.75 Å². The van der Waals surface area contributed by atoms with E-state index in [2.05, 4.69) is 4.98 Å². The summed E-state index contributed by atoms with van der Waals surface area (Å²) in [5.41, 5.74) is 1.14. The first kappa shape index (κ1) is 14.7. The van der Waals surface area contributed by atoms with Crippen LogP contribution in [0.1, 0.15) is 5.69 Å². The summed E-state index contributed by atoms with van der Waals surface area (Å²) in [7, 11) is 0. The number of hydrogen-bond acceptors (Lipinski definition) is 4. The molecule has 0 spiro atoms. The maximum absolute atomic E-state index is 10.7. The molecular formula is C10H7ClKNO2S. The van der Waals surface area contributed by atoms with Gasteiger partial charge in [-0.25, -0.2) is 17.0 Å². The molecule has 0 aliphatic carbocycles. The Morgan fingerprint density at radius 1 is 1.44 bits per heavy atom. The molecule has 1 N–H and O–H groups in total. The molecule has 0 amide bonds. The molecule has 1 aromatic carbocycles. The normalized spacial score (nSPS) is 10.2. The summed E-state index contributed by atoms with van der Waals surface area (Å²) in [6, 6.07) is 5.03. The van der Waals surface area contributed by atoms with E-state index < -0.39 is 0 Å². The van der Waals surface area contributed by atoms with Crippen molar-refractivity contribution in [2.24, 2.45) is 0 Å². The summed E-state index contributed by atoms with van der Waals surface area (Å²) in [6.45, 7) is 1.81. The van der Waals surface area contributed by atoms with Crippen molar-refractivity contribution in [3.05, 3.63) is 28.9 Å². The number of pyridine rings is 1. The second-order valence-corrected chi connectivity index (χ2v) is 4.15. The van der Waals surface area contributed by atoms with E-state index >= 15 is 0 Å². The van der Waals surface area contributed by atoms with Crippen LogP contribution in [0.25, 0.3) is 10.9 Å². The molecule has 1 aromatic heterocycles. The van der Waals surface area contributed by atoms with Gasteiger partial charge in [-0.05, 0) is 25.1 Å². The van der Waals surface area contributed by atoms with E-state index in [4.69, 9.17) is 11.6 Å². The molecule has 0 aliphatic heterocycles. The van der Waals surface area contributed by atoms with Gasteiger partial charge in [-0.3, -0.25) is 0 Å². The number of phenols is 1. The Labute approximate surface area is 145 Å². The van der Waals surface area contributed by atoms with Crippen LogP contribution in [0.15, 0.2) is 23.1 Å². The third-order valence-electron chi connectivity index (χ3n) is 2.10. The number of phenolic OH excluding ortho intramolecular Hbond substituents is 1. The largest absolute Gasteiger partial charge is 1.00 e. The fourth-order valence-electron chi connectivity index (χ4n) is 1.37. The molecule has 0 fully saturated rings. The minimum absolute atomic E-state index is 0. The standard InChI is InChI=1S/C10H8ClNO2S.K/c1-5-2-3-6-7(11)4-8(15-14)10(13)9(6)12-5;/h2-4,13-14H,1H3;/q;+1/p-1. The zero-order valence-corrected chi connectivity index (χ0v) is 13.5. The Hall–Kier alpha value is 0.666. The predicted molar refractivity (Wildman–Crippen MR) is 59.8 cm³/mol. The molecule has 16 heavy (non-hydrogen) atoms. The van der Waals surface area contributed by atoms with Gasteiger partial charge < -0.3 is 9.66 Å². The van der Waals surface area contributed by atoms with Gasteiger partial charge in [-0.15, -0.1) is 0 Å². The van der Waals surface area contributed by atoms with Crippen molar-refractivity contribution >= 4 is 34.5 Å². The Morgan fingerprint density at radius 3 is 2.75 bits per heavy atom. The predicted octanol–water partition coefficient (Wildman–Crippen LogP) is 0.129. The van der Waals surface area contributed by atoms with Crippen molar-refractivity contribution in [3.63, 3.8) is 0 Å². The van der Waals surface area contributed by atoms with Gasteiger partial charge in [-0.2, -0.15) is 0 Å². The molecule has 0 saturated heterocycles. The summed E-state index contributed by atoms with van der Waals surface area (Å²) in [5.74, 6) is -0.0990. The average molecular weight is 280 g/mol. The van der Waals surface area contributed by atoms with Gasteiger partial charge in [0.25, 0.3) is 0 Å². The molecule has 0 atom stereocenters. The number of aromatic nitrogens is 1. The third kappa shape index (κ3) is 2.73. The van der Waals surface area contributed by atoms with Gasteiger partial charge in [0.2, 0.25) is 0 Å². The van der Waals surface area contributed by atoms with Crippen LogP contribution in [0.2, 0.25) is 5.02 Å². The van der Waals surface area contributed by atoms with Gasteiger partial charge in [-0.1, -0.05) is 11.6 Å². The van der Waals surface area contributed by atoms with E-state index in [1.165, 1.54) is 6.07 Å². The van der Waals surface area contributed by atoms with Gasteiger partial charge >= 0.3 is 51.4 Å². The smallest absolute Gasteiger partial charge is 0.795 e. The Balaban J connectivity index is 0.00000128. The van der Waals surface area contributed by atoms with Crippen LogP contribution in [0.4, 0.5) is 0 Å². The van der Waals surface area contributed by atoms with E-state index in [0.717, 1.165) is 5.69 Å². The monoisotopic (exact) mass is 279 g/mol. The topological polar surface area (TPSA) is 56.2 Å². The number of aryl methyl sites for hydroxylation is 1. The van der Waals surface area contributed by atoms with Crippen LogP contribution < -0.4 is 51.4 Å². The SMILES string of the molecule is Cc1ccc2c(Cl)cc(S[O-])c(O)c2n1.[K+]. The van der Waals surface area contributed by atoms with Crippen molar-refractivity contribution in [2.75, 3.05) is 0 Å². The molecule has 2 rings (SSSR count). The second-order valence-electron chi connectivity index (χ2n) is 3.14. The molecule has 0 saturated carbocycles.